The van der Waals surface area contributed by atoms with E-state index in [0.717, 1.165) is 0 Å². The lowest BCUT2D eigenvalue weighted by Crippen LogP contribution is -2.38. The van der Waals surface area contributed by atoms with Gasteiger partial charge in [-0.1, -0.05) is 0 Å². The van der Waals surface area contributed by atoms with Crippen molar-refractivity contribution in [1.82, 2.24) is 10.6 Å². The molecular formula is C46H64N2O16. The van der Waals surface area contributed by atoms with Gasteiger partial charge in [0.2, 0.25) is 23.0 Å². The Morgan fingerprint density at radius 1 is 0.344 bits per heavy atom. The van der Waals surface area contributed by atoms with E-state index in [2.05, 4.69) is 10.6 Å². The van der Waals surface area contributed by atoms with Crippen molar-refractivity contribution in [2.24, 2.45) is 0 Å². The SMILES string of the molecule is COc1ccc(C(OC[C@H](O)CNCCNC[C@@H](O)COC(c2ccc(OC)c(OC)c2OC)c2ccc(OC)c(OC)c2OC)c2ccc(OC)c(OC)c2OC)c(OC)c1OC. The fourth-order valence-electron chi connectivity index (χ4n) is 7.26. The summed E-state index contributed by atoms with van der Waals surface area (Å²) in [5.41, 5.74) is 2.37. The van der Waals surface area contributed by atoms with Crippen LogP contribution in [0.5, 0.6) is 69.0 Å². The molecule has 0 spiro atoms. The monoisotopic (exact) mass is 900 g/mol. The van der Waals surface area contributed by atoms with Gasteiger partial charge in [0.25, 0.3) is 0 Å². The standard InChI is InChI=1S/C46H64N2O16/c1-51-33-17-13-29(39(55-5)43(33)59-9)37(30-14-18-34(52-2)44(60-10)40(30)56-6)63-25-27(49)23-47-21-22-48-24-28(50)26-64-38(31-15-19-35(53-3)45(61-11)41(31)57-7)32-16-20-36(54-4)46(62-12)42(32)58-8/h13-20,27-28,37-38,47-50H,21-26H2,1-12H3/t27-,28-/m1/s1. The van der Waals surface area contributed by atoms with E-state index in [0.29, 0.717) is 104 Å². The van der Waals surface area contributed by atoms with E-state index in [1.54, 1.807) is 48.5 Å². The van der Waals surface area contributed by atoms with Gasteiger partial charge in [-0.2, -0.15) is 0 Å². The predicted molar refractivity (Wildman–Crippen MR) is 238 cm³/mol. The van der Waals surface area contributed by atoms with E-state index in [4.69, 9.17) is 66.3 Å². The molecule has 4 rings (SSSR count). The molecule has 354 valence electrons. The van der Waals surface area contributed by atoms with E-state index in [1.165, 1.54) is 85.3 Å². The van der Waals surface area contributed by atoms with Crippen molar-refractivity contribution < 1.29 is 76.5 Å². The van der Waals surface area contributed by atoms with Gasteiger partial charge < -0.3 is 87.2 Å². The van der Waals surface area contributed by atoms with Gasteiger partial charge in [-0.05, 0) is 48.5 Å². The molecule has 0 saturated heterocycles. The number of benzene rings is 4. The highest BCUT2D eigenvalue weighted by Crippen LogP contribution is 2.51. The van der Waals surface area contributed by atoms with Crippen LogP contribution in [0, 0.1) is 0 Å². The quantitative estimate of drug-likeness (QED) is 0.0552. The largest absolute Gasteiger partial charge is 0.493 e. The minimum Gasteiger partial charge on any atom is -0.493 e. The second-order valence-corrected chi connectivity index (χ2v) is 13.8. The molecule has 0 aromatic heterocycles. The van der Waals surface area contributed by atoms with Gasteiger partial charge in [0, 0.05) is 48.4 Å². The summed E-state index contributed by atoms with van der Waals surface area (Å²) in [6, 6.07) is 14.2. The van der Waals surface area contributed by atoms with Crippen molar-refractivity contribution in [2.45, 2.75) is 24.4 Å². The maximum atomic E-state index is 11.1. The topological polar surface area (TPSA) is 194 Å². The van der Waals surface area contributed by atoms with Gasteiger partial charge in [-0.3, -0.25) is 0 Å². The summed E-state index contributed by atoms with van der Waals surface area (Å²) >= 11 is 0. The summed E-state index contributed by atoms with van der Waals surface area (Å²) in [5, 5.41) is 28.7. The van der Waals surface area contributed by atoms with Gasteiger partial charge in [0.05, 0.1) is 111 Å². The maximum Gasteiger partial charge on any atom is 0.203 e. The third-order valence-corrected chi connectivity index (χ3v) is 10.2. The van der Waals surface area contributed by atoms with Crippen LogP contribution in [0.4, 0.5) is 0 Å². The molecule has 0 aliphatic rings. The van der Waals surface area contributed by atoms with Crippen LogP contribution in [0.25, 0.3) is 0 Å². The number of methoxy groups -OCH3 is 12. The predicted octanol–water partition coefficient (Wildman–Crippen LogP) is 4.60. The molecule has 0 saturated carbocycles. The maximum absolute atomic E-state index is 11.1. The Morgan fingerprint density at radius 3 is 0.781 bits per heavy atom. The molecule has 4 aromatic rings. The van der Waals surface area contributed by atoms with Crippen molar-refractivity contribution in [2.75, 3.05) is 125 Å². The molecule has 0 bridgehead atoms. The number of hydrogen-bond acceptors (Lipinski definition) is 18. The van der Waals surface area contributed by atoms with E-state index >= 15 is 0 Å². The van der Waals surface area contributed by atoms with Crippen molar-refractivity contribution in [1.29, 1.82) is 0 Å². The highest BCUT2D eigenvalue weighted by atomic mass is 16.6. The summed E-state index contributed by atoms with van der Waals surface area (Å²) in [7, 11) is 18.3. The summed E-state index contributed by atoms with van der Waals surface area (Å²) in [6.45, 7) is 1.19. The van der Waals surface area contributed by atoms with Crippen LogP contribution in [-0.4, -0.2) is 147 Å². The average Bonchev–Trinajstić information content (AvgIpc) is 3.33. The number of nitrogens with one attached hydrogen (secondary N) is 2. The lowest BCUT2D eigenvalue weighted by Gasteiger charge is -2.27. The molecule has 0 fully saturated rings. The fraction of sp³-hybridized carbons (Fsp3) is 0.478. The molecule has 4 N–H and O–H groups in total. The Balaban J connectivity index is 1.42. The number of ether oxygens (including phenoxy) is 14. The fourth-order valence-corrected chi connectivity index (χ4v) is 7.26. The lowest BCUT2D eigenvalue weighted by atomic mass is 9.97. The first-order valence-corrected chi connectivity index (χ1v) is 20.3. The minimum atomic E-state index is -0.919. The molecule has 0 amide bonds. The summed E-state index contributed by atoms with van der Waals surface area (Å²) in [4.78, 5) is 0. The second kappa shape index (κ2) is 25.5. The van der Waals surface area contributed by atoms with Crippen molar-refractivity contribution in [3.63, 3.8) is 0 Å². The Labute approximate surface area is 375 Å². The van der Waals surface area contributed by atoms with Crippen molar-refractivity contribution in [3.05, 3.63) is 70.8 Å². The number of aliphatic hydroxyl groups excluding tert-OH is 2. The number of rotatable bonds is 29. The van der Waals surface area contributed by atoms with Gasteiger partial charge in [-0.25, -0.2) is 0 Å². The molecule has 0 unspecified atom stereocenters. The van der Waals surface area contributed by atoms with E-state index < -0.39 is 24.4 Å². The zero-order valence-electron chi connectivity index (χ0n) is 38.8. The van der Waals surface area contributed by atoms with Crippen LogP contribution in [0.3, 0.4) is 0 Å². The summed E-state index contributed by atoms with van der Waals surface area (Å²) in [6.07, 6.45) is -3.47. The molecule has 64 heavy (non-hydrogen) atoms. The molecule has 0 aliphatic heterocycles. The summed E-state index contributed by atoms with van der Waals surface area (Å²) in [5.74, 6) is 4.88. The molecule has 4 aromatic carbocycles. The normalized spacial score (nSPS) is 12.1. The minimum absolute atomic E-state index is 0.0764. The van der Waals surface area contributed by atoms with Gasteiger partial charge in [0.15, 0.2) is 46.0 Å². The Hall–Kier alpha value is -5.76. The van der Waals surface area contributed by atoms with Crippen LogP contribution in [0.15, 0.2) is 48.5 Å². The van der Waals surface area contributed by atoms with Gasteiger partial charge in [0.1, 0.15) is 12.2 Å². The molecule has 0 heterocycles. The van der Waals surface area contributed by atoms with E-state index in [1.807, 2.05) is 0 Å². The highest BCUT2D eigenvalue weighted by molar-refractivity contribution is 5.63. The van der Waals surface area contributed by atoms with Gasteiger partial charge in [-0.15, -0.1) is 0 Å². The smallest absolute Gasteiger partial charge is 0.203 e. The zero-order chi connectivity index (χ0) is 46.8. The third-order valence-electron chi connectivity index (χ3n) is 10.2. The highest BCUT2D eigenvalue weighted by Gasteiger charge is 2.32. The van der Waals surface area contributed by atoms with E-state index in [9.17, 15) is 10.2 Å². The Bertz CT molecular complexity index is 1800. The Morgan fingerprint density at radius 2 is 0.578 bits per heavy atom. The van der Waals surface area contributed by atoms with Crippen LogP contribution in [-0.2, 0) is 9.47 Å². The Kier molecular flexibility index (Phi) is 20.3. The molecule has 2 atom stereocenters. The molecule has 0 radical (unpaired) electrons. The first kappa shape index (κ1) is 50.9. The van der Waals surface area contributed by atoms with Crippen LogP contribution < -0.4 is 67.5 Å². The zero-order valence-corrected chi connectivity index (χ0v) is 38.8. The number of hydrogen-bond donors (Lipinski definition) is 4. The number of aliphatic hydroxyl groups is 2. The third kappa shape index (κ3) is 11.7. The van der Waals surface area contributed by atoms with Crippen LogP contribution >= 0.6 is 0 Å². The van der Waals surface area contributed by atoms with Crippen molar-refractivity contribution >= 4 is 0 Å². The molecule has 18 nitrogen and oxygen atoms in total. The van der Waals surface area contributed by atoms with Crippen LogP contribution in [0.1, 0.15) is 34.5 Å². The lowest BCUT2D eigenvalue weighted by molar-refractivity contribution is 0.00369. The van der Waals surface area contributed by atoms with Crippen LogP contribution in [0.2, 0.25) is 0 Å². The first-order chi connectivity index (χ1) is 31.1. The molecule has 18 heteroatoms. The molecular weight excluding hydrogens is 837 g/mol. The summed E-state index contributed by atoms with van der Waals surface area (Å²) < 4.78 is 80.9. The average molecular weight is 901 g/mol. The first-order valence-electron chi connectivity index (χ1n) is 20.3. The second-order valence-electron chi connectivity index (χ2n) is 13.8. The molecule has 0 aliphatic carbocycles. The van der Waals surface area contributed by atoms with Gasteiger partial charge >= 0.3 is 0 Å². The van der Waals surface area contributed by atoms with E-state index in [-0.39, 0.29) is 26.3 Å². The van der Waals surface area contributed by atoms with Crippen molar-refractivity contribution in [3.8, 4) is 69.0 Å².